The summed E-state index contributed by atoms with van der Waals surface area (Å²) >= 11 is 25.1. The SMILES string of the molecule is CCCCCCCCCCCCCCOC(=O)Nc1ccc(Cl)c(Nc2cc(=O)n(-c3cnc(-c4c(Cl)cc(Cl)cc4Cl)[nH]3)[nH]2)c1. The number of hydrogen-bond acceptors (Lipinski definition) is 5. The molecule has 46 heavy (non-hydrogen) atoms. The number of benzene rings is 2. The van der Waals surface area contributed by atoms with Crippen molar-refractivity contribution in [2.45, 2.75) is 84.0 Å². The molecule has 0 saturated carbocycles. The Labute approximate surface area is 289 Å². The zero-order chi connectivity index (χ0) is 32.9. The van der Waals surface area contributed by atoms with E-state index in [1.54, 1.807) is 30.3 Å². The van der Waals surface area contributed by atoms with Crippen LogP contribution in [0.3, 0.4) is 0 Å². The molecule has 0 aliphatic heterocycles. The fraction of sp³-hybridized carbons (Fsp3) is 0.424. The Morgan fingerprint density at radius 2 is 1.48 bits per heavy atom. The van der Waals surface area contributed by atoms with E-state index in [9.17, 15) is 9.59 Å². The number of aromatic nitrogens is 4. The zero-order valence-corrected chi connectivity index (χ0v) is 28.9. The topological polar surface area (TPSA) is 117 Å². The van der Waals surface area contributed by atoms with Gasteiger partial charge in [0.1, 0.15) is 11.6 Å². The maximum Gasteiger partial charge on any atom is 0.411 e. The van der Waals surface area contributed by atoms with E-state index in [0.717, 1.165) is 19.3 Å². The highest BCUT2D eigenvalue weighted by atomic mass is 35.5. The molecule has 1 amide bonds. The Morgan fingerprint density at radius 3 is 2.13 bits per heavy atom. The lowest BCUT2D eigenvalue weighted by molar-refractivity contribution is 0.159. The first-order valence-corrected chi connectivity index (χ1v) is 17.3. The van der Waals surface area contributed by atoms with Crippen molar-refractivity contribution in [3.8, 4) is 17.2 Å². The van der Waals surface area contributed by atoms with Gasteiger partial charge < -0.3 is 15.0 Å². The van der Waals surface area contributed by atoms with Gasteiger partial charge >= 0.3 is 6.09 Å². The maximum absolute atomic E-state index is 12.8. The number of carbonyl (C=O) groups is 1. The quantitative estimate of drug-likeness (QED) is 0.0767. The molecule has 0 unspecified atom stereocenters. The number of H-pyrrole nitrogens is 2. The average molecular weight is 711 g/mol. The highest BCUT2D eigenvalue weighted by Gasteiger charge is 2.16. The Morgan fingerprint density at radius 1 is 0.848 bits per heavy atom. The van der Waals surface area contributed by atoms with Crippen molar-refractivity contribution < 1.29 is 9.53 Å². The highest BCUT2D eigenvalue weighted by Crippen LogP contribution is 2.36. The predicted octanol–water partition coefficient (Wildman–Crippen LogP) is 11.2. The largest absolute Gasteiger partial charge is 0.449 e. The lowest BCUT2D eigenvalue weighted by atomic mass is 10.1. The summed E-state index contributed by atoms with van der Waals surface area (Å²) in [5.74, 6) is 1.08. The highest BCUT2D eigenvalue weighted by molar-refractivity contribution is 6.41. The minimum absolute atomic E-state index is 0.316. The molecule has 9 nitrogen and oxygen atoms in total. The first kappa shape index (κ1) is 35.7. The molecule has 4 rings (SSSR count). The van der Waals surface area contributed by atoms with E-state index in [2.05, 4.69) is 32.6 Å². The number of halogens is 4. The maximum atomic E-state index is 12.8. The molecule has 4 N–H and O–H groups in total. The van der Waals surface area contributed by atoms with Crippen LogP contribution in [0.15, 0.2) is 47.4 Å². The van der Waals surface area contributed by atoms with E-state index in [0.29, 0.717) is 61.1 Å². The van der Waals surface area contributed by atoms with Crippen molar-refractivity contribution in [3.63, 3.8) is 0 Å². The molecule has 0 bridgehead atoms. The smallest absolute Gasteiger partial charge is 0.411 e. The predicted molar refractivity (Wildman–Crippen MR) is 190 cm³/mol. The number of amides is 1. The van der Waals surface area contributed by atoms with Crippen LogP contribution in [0.1, 0.15) is 84.0 Å². The number of carbonyl (C=O) groups excluding carboxylic acids is 1. The Balaban J connectivity index is 1.23. The molecule has 0 radical (unpaired) electrons. The number of nitrogens with zero attached hydrogens (tertiary/aromatic N) is 2. The van der Waals surface area contributed by atoms with Crippen LogP contribution in [0, 0.1) is 0 Å². The number of rotatable bonds is 18. The van der Waals surface area contributed by atoms with Crippen LogP contribution in [0.4, 0.5) is 22.0 Å². The summed E-state index contributed by atoms with van der Waals surface area (Å²) in [5.41, 5.74) is 1.06. The average Bonchev–Trinajstić information content (AvgIpc) is 3.63. The summed E-state index contributed by atoms with van der Waals surface area (Å²) in [6.45, 7) is 2.61. The molecule has 4 aromatic rings. The van der Waals surface area contributed by atoms with E-state index < -0.39 is 6.09 Å². The molecule has 0 aliphatic carbocycles. The van der Waals surface area contributed by atoms with Crippen LogP contribution < -0.4 is 16.2 Å². The van der Waals surface area contributed by atoms with Gasteiger partial charge in [-0.3, -0.25) is 15.2 Å². The van der Waals surface area contributed by atoms with Crippen molar-refractivity contribution in [2.24, 2.45) is 0 Å². The van der Waals surface area contributed by atoms with Crippen LogP contribution in [0.2, 0.25) is 20.1 Å². The normalized spacial score (nSPS) is 11.2. The molecule has 2 heterocycles. The lowest BCUT2D eigenvalue weighted by Gasteiger charge is -2.11. The van der Waals surface area contributed by atoms with Crippen LogP contribution in [0.25, 0.3) is 17.2 Å². The van der Waals surface area contributed by atoms with E-state index in [4.69, 9.17) is 51.1 Å². The number of unbranched alkanes of at least 4 members (excludes halogenated alkanes) is 11. The lowest BCUT2D eigenvalue weighted by Crippen LogP contribution is -2.14. The minimum atomic E-state index is -0.535. The molecular weight excluding hydrogens is 670 g/mol. The first-order valence-electron chi connectivity index (χ1n) is 15.8. The van der Waals surface area contributed by atoms with Gasteiger partial charge in [-0.1, -0.05) is 124 Å². The fourth-order valence-electron chi connectivity index (χ4n) is 5.07. The van der Waals surface area contributed by atoms with Crippen molar-refractivity contribution >= 4 is 69.7 Å². The number of imidazole rings is 1. The number of nitrogens with one attached hydrogen (secondary N) is 4. The first-order chi connectivity index (χ1) is 22.2. The van der Waals surface area contributed by atoms with Gasteiger partial charge in [0.2, 0.25) is 0 Å². The van der Waals surface area contributed by atoms with Crippen molar-refractivity contribution in [2.75, 3.05) is 17.2 Å². The summed E-state index contributed by atoms with van der Waals surface area (Å²) in [5, 5.41) is 10.2. The Hall–Kier alpha value is -3.11. The minimum Gasteiger partial charge on any atom is -0.449 e. The molecule has 2 aromatic heterocycles. The number of aromatic amines is 2. The second kappa shape index (κ2) is 18.3. The summed E-state index contributed by atoms with van der Waals surface area (Å²) in [6.07, 6.45) is 15.9. The van der Waals surface area contributed by atoms with Gasteiger partial charge in [0.15, 0.2) is 5.82 Å². The van der Waals surface area contributed by atoms with Gasteiger partial charge in [-0.15, -0.1) is 0 Å². The van der Waals surface area contributed by atoms with Crippen molar-refractivity contribution in [3.05, 3.63) is 73.0 Å². The fourth-order valence-corrected chi connectivity index (χ4v) is 6.23. The third-order valence-corrected chi connectivity index (χ3v) is 8.62. The van der Waals surface area contributed by atoms with Crippen LogP contribution >= 0.6 is 46.4 Å². The van der Waals surface area contributed by atoms with Crippen molar-refractivity contribution in [1.82, 2.24) is 19.7 Å². The molecule has 0 atom stereocenters. The molecule has 2 aromatic carbocycles. The molecule has 0 aliphatic rings. The van der Waals surface area contributed by atoms with Crippen LogP contribution in [-0.2, 0) is 4.74 Å². The second-order valence-electron chi connectivity index (χ2n) is 11.2. The van der Waals surface area contributed by atoms with Gasteiger partial charge in [0, 0.05) is 16.8 Å². The van der Waals surface area contributed by atoms with Gasteiger partial charge in [-0.2, -0.15) is 0 Å². The summed E-state index contributed by atoms with van der Waals surface area (Å²) in [6, 6.07) is 9.44. The molecule has 248 valence electrons. The molecule has 0 spiro atoms. The van der Waals surface area contributed by atoms with E-state index in [1.165, 1.54) is 74.7 Å². The summed E-state index contributed by atoms with van der Waals surface area (Å²) in [7, 11) is 0. The summed E-state index contributed by atoms with van der Waals surface area (Å²) in [4.78, 5) is 32.5. The number of hydrogen-bond donors (Lipinski definition) is 4. The number of ether oxygens (including phenoxy) is 1. The Kier molecular flexibility index (Phi) is 14.2. The molecule has 13 heteroatoms. The van der Waals surface area contributed by atoms with Crippen molar-refractivity contribution in [1.29, 1.82) is 0 Å². The summed E-state index contributed by atoms with van der Waals surface area (Å²) < 4.78 is 6.63. The number of anilines is 3. The van der Waals surface area contributed by atoms with E-state index >= 15 is 0 Å². The van der Waals surface area contributed by atoms with Crippen LogP contribution in [-0.4, -0.2) is 32.4 Å². The third-order valence-electron chi connectivity index (χ3n) is 7.48. The second-order valence-corrected chi connectivity index (χ2v) is 12.8. The molecule has 0 fully saturated rings. The zero-order valence-electron chi connectivity index (χ0n) is 25.9. The van der Waals surface area contributed by atoms with E-state index in [-0.39, 0.29) is 5.56 Å². The van der Waals surface area contributed by atoms with Gasteiger partial charge in [-0.25, -0.2) is 14.5 Å². The van der Waals surface area contributed by atoms with Crippen LogP contribution in [0.5, 0.6) is 0 Å². The standard InChI is InChI=1S/C33H40Cl4N6O3/c1-2-3-4-5-6-7-8-9-10-11-12-13-16-46-33(45)39-23-14-15-24(35)27(19-23)40-28-20-30(44)43(42-28)29-21-38-32(41-29)31-25(36)17-22(34)18-26(31)37/h14-15,17-21,40,42H,2-13,16H2,1H3,(H,38,41)(H,39,45). The molecule has 0 saturated heterocycles. The van der Waals surface area contributed by atoms with Gasteiger partial charge in [-0.05, 0) is 36.8 Å². The van der Waals surface area contributed by atoms with Gasteiger partial charge in [0.05, 0.1) is 39.1 Å². The van der Waals surface area contributed by atoms with E-state index in [1.807, 2.05) is 0 Å². The monoisotopic (exact) mass is 708 g/mol. The molecular formula is C33H40Cl4N6O3. The Bertz CT molecular complexity index is 1610. The van der Waals surface area contributed by atoms with Gasteiger partial charge in [0.25, 0.3) is 5.56 Å². The third kappa shape index (κ3) is 10.7.